The first-order valence-electron chi connectivity index (χ1n) is 5.45. The Bertz CT molecular complexity index is 348. The van der Waals surface area contributed by atoms with E-state index in [1.807, 2.05) is 30.3 Å². The van der Waals surface area contributed by atoms with Crippen LogP contribution < -0.4 is 0 Å². The molecule has 0 amide bonds. The van der Waals surface area contributed by atoms with E-state index in [0.717, 1.165) is 28.4 Å². The molecular weight excluding hydrogens is 334 g/mol. The second-order valence-corrected chi connectivity index (χ2v) is 5.23. The van der Waals surface area contributed by atoms with E-state index in [4.69, 9.17) is 11.6 Å². The highest BCUT2D eigenvalue weighted by Gasteiger charge is 2.12. The van der Waals surface area contributed by atoms with Crippen molar-refractivity contribution in [1.82, 2.24) is 0 Å². The highest BCUT2D eigenvalue weighted by atomic mass is 127. The summed E-state index contributed by atoms with van der Waals surface area (Å²) in [4.78, 5) is 0. The van der Waals surface area contributed by atoms with E-state index in [2.05, 4.69) is 29.5 Å². The van der Waals surface area contributed by atoms with Crippen molar-refractivity contribution in [1.29, 1.82) is 0 Å². The third-order valence-electron chi connectivity index (χ3n) is 2.36. The largest absolute Gasteiger partial charge is 0.388 e. The molecule has 1 atom stereocenters. The van der Waals surface area contributed by atoms with Gasteiger partial charge in [0.25, 0.3) is 0 Å². The van der Waals surface area contributed by atoms with Crippen molar-refractivity contribution in [2.75, 3.05) is 0 Å². The Morgan fingerprint density at radius 2 is 2.00 bits per heavy atom. The first-order valence-corrected chi connectivity index (χ1v) is 6.91. The Balaban J connectivity index is 2.79. The normalized spacial score (nSPS) is 14.5. The molecule has 1 aromatic carbocycles. The van der Waals surface area contributed by atoms with Gasteiger partial charge in [0.2, 0.25) is 0 Å². The number of hydrogen-bond donors (Lipinski definition) is 1. The Labute approximate surface area is 116 Å². The second kappa shape index (κ2) is 7.30. The van der Waals surface area contributed by atoms with Crippen molar-refractivity contribution in [3.63, 3.8) is 0 Å². The third kappa shape index (κ3) is 4.07. The minimum absolute atomic E-state index is 0.437. The van der Waals surface area contributed by atoms with E-state index in [1.54, 1.807) is 0 Å². The van der Waals surface area contributed by atoms with Gasteiger partial charge in [0.15, 0.2) is 0 Å². The quantitative estimate of drug-likeness (QED) is 0.771. The van der Waals surface area contributed by atoms with Crippen LogP contribution in [0.1, 0.15) is 31.7 Å². The molecule has 1 aromatic rings. The number of rotatable bonds is 5. The fraction of sp³-hybridized carbons (Fsp3) is 0.385. The fourth-order valence-electron chi connectivity index (χ4n) is 1.39. The summed E-state index contributed by atoms with van der Waals surface area (Å²) in [7, 11) is 0. The Morgan fingerprint density at radius 3 is 2.56 bits per heavy atom. The van der Waals surface area contributed by atoms with Gasteiger partial charge in [-0.05, 0) is 34.6 Å². The molecule has 0 saturated heterocycles. The van der Waals surface area contributed by atoms with E-state index in [-0.39, 0.29) is 0 Å². The average Bonchev–Trinajstić information content (AvgIpc) is 2.35. The van der Waals surface area contributed by atoms with Crippen molar-refractivity contribution >= 4 is 39.2 Å². The summed E-state index contributed by atoms with van der Waals surface area (Å²) in [6, 6.07) is 9.75. The molecule has 0 spiro atoms. The predicted octanol–water partition coefficient (Wildman–Crippen LogP) is 4.58. The number of hydrogen-bond acceptors (Lipinski definition) is 1. The third-order valence-corrected chi connectivity index (χ3v) is 4.36. The predicted molar refractivity (Wildman–Crippen MR) is 78.8 cm³/mol. The second-order valence-electron chi connectivity index (χ2n) is 3.69. The Kier molecular flexibility index (Phi) is 6.39. The molecule has 1 unspecified atom stereocenters. The topological polar surface area (TPSA) is 20.2 Å². The molecule has 16 heavy (non-hydrogen) atoms. The van der Waals surface area contributed by atoms with Gasteiger partial charge in [-0.1, -0.05) is 61.7 Å². The first-order chi connectivity index (χ1) is 7.66. The molecule has 0 aromatic heterocycles. The molecule has 0 fully saturated rings. The Hall–Kier alpha value is -0.0600. The lowest BCUT2D eigenvalue weighted by atomic mass is 10.1. The van der Waals surface area contributed by atoms with Crippen LogP contribution in [0.2, 0.25) is 0 Å². The van der Waals surface area contributed by atoms with Crippen LogP contribution in [0.4, 0.5) is 0 Å². The van der Waals surface area contributed by atoms with E-state index >= 15 is 0 Å². The maximum Gasteiger partial charge on any atom is 0.0861 e. The van der Waals surface area contributed by atoms with Gasteiger partial charge in [-0.25, -0.2) is 0 Å². The maximum absolute atomic E-state index is 9.93. The lowest BCUT2D eigenvalue weighted by Crippen LogP contribution is -2.06. The van der Waals surface area contributed by atoms with Gasteiger partial charge < -0.3 is 5.11 Å². The van der Waals surface area contributed by atoms with E-state index in [1.165, 1.54) is 0 Å². The number of unbranched alkanes of at least 4 members (excludes halogenated alkanes) is 1. The van der Waals surface area contributed by atoms with Gasteiger partial charge in [-0.3, -0.25) is 0 Å². The van der Waals surface area contributed by atoms with E-state index in [9.17, 15) is 5.11 Å². The maximum atomic E-state index is 9.93. The summed E-state index contributed by atoms with van der Waals surface area (Å²) >= 11 is 8.38. The molecule has 0 heterocycles. The van der Waals surface area contributed by atoms with Gasteiger partial charge in [-0.2, -0.15) is 0 Å². The van der Waals surface area contributed by atoms with Crippen molar-refractivity contribution in [3.8, 4) is 0 Å². The highest BCUT2D eigenvalue weighted by molar-refractivity contribution is 14.1. The van der Waals surface area contributed by atoms with Gasteiger partial charge in [0, 0.05) is 3.58 Å². The Morgan fingerprint density at radius 1 is 1.38 bits per heavy atom. The average molecular weight is 351 g/mol. The fourth-order valence-corrected chi connectivity index (χ4v) is 2.27. The standard InChI is InChI=1S/C13H16ClIO/c1-2-3-9-11(16)13(15)12(14)10-7-5-4-6-8-10/h4-8,11,16H,2-3,9H2,1H3. The molecule has 0 radical (unpaired) electrons. The van der Waals surface area contributed by atoms with Gasteiger partial charge in [0.1, 0.15) is 0 Å². The van der Waals surface area contributed by atoms with Crippen LogP contribution in [-0.4, -0.2) is 11.2 Å². The lowest BCUT2D eigenvalue weighted by molar-refractivity contribution is 0.208. The lowest BCUT2D eigenvalue weighted by Gasteiger charge is -2.11. The molecule has 0 aliphatic rings. The van der Waals surface area contributed by atoms with Crippen LogP contribution in [0.15, 0.2) is 33.9 Å². The van der Waals surface area contributed by atoms with Crippen LogP contribution in [0.5, 0.6) is 0 Å². The van der Waals surface area contributed by atoms with Crippen LogP contribution in [0.3, 0.4) is 0 Å². The van der Waals surface area contributed by atoms with Crippen LogP contribution in [-0.2, 0) is 0 Å². The van der Waals surface area contributed by atoms with Crippen molar-refractivity contribution in [3.05, 3.63) is 39.5 Å². The van der Waals surface area contributed by atoms with Crippen molar-refractivity contribution in [2.24, 2.45) is 0 Å². The van der Waals surface area contributed by atoms with E-state index in [0.29, 0.717) is 5.03 Å². The minimum atomic E-state index is -0.437. The zero-order chi connectivity index (χ0) is 12.0. The molecule has 0 saturated carbocycles. The molecule has 0 bridgehead atoms. The summed E-state index contributed by atoms with van der Waals surface area (Å²) in [5.74, 6) is 0. The summed E-state index contributed by atoms with van der Waals surface area (Å²) in [5.41, 5.74) is 0.962. The number of aliphatic hydroxyl groups is 1. The zero-order valence-electron chi connectivity index (χ0n) is 9.29. The van der Waals surface area contributed by atoms with Gasteiger partial charge in [-0.15, -0.1) is 0 Å². The monoisotopic (exact) mass is 350 g/mol. The van der Waals surface area contributed by atoms with Crippen molar-refractivity contribution in [2.45, 2.75) is 32.3 Å². The number of benzene rings is 1. The smallest absolute Gasteiger partial charge is 0.0861 e. The van der Waals surface area contributed by atoms with Crippen LogP contribution in [0.25, 0.3) is 5.03 Å². The van der Waals surface area contributed by atoms with Crippen LogP contribution in [0, 0.1) is 0 Å². The summed E-state index contributed by atoms with van der Waals surface area (Å²) in [6.07, 6.45) is 2.45. The molecular formula is C13H16ClIO. The van der Waals surface area contributed by atoms with Crippen molar-refractivity contribution < 1.29 is 5.11 Å². The van der Waals surface area contributed by atoms with Gasteiger partial charge in [0.05, 0.1) is 11.1 Å². The van der Waals surface area contributed by atoms with Crippen LogP contribution >= 0.6 is 34.2 Å². The zero-order valence-corrected chi connectivity index (χ0v) is 12.2. The molecule has 88 valence electrons. The molecule has 1 N–H and O–H groups in total. The molecule has 3 heteroatoms. The van der Waals surface area contributed by atoms with E-state index < -0.39 is 6.10 Å². The summed E-state index contributed by atoms with van der Waals surface area (Å²) < 4.78 is 0.832. The van der Waals surface area contributed by atoms with Gasteiger partial charge >= 0.3 is 0 Å². The minimum Gasteiger partial charge on any atom is -0.388 e. The number of halogens is 2. The summed E-state index contributed by atoms with van der Waals surface area (Å²) in [6.45, 7) is 2.11. The molecule has 1 nitrogen and oxygen atoms in total. The SMILES string of the molecule is CCCCC(O)C(I)=C(Cl)c1ccccc1. The highest BCUT2D eigenvalue weighted by Crippen LogP contribution is 2.30. The summed E-state index contributed by atoms with van der Waals surface area (Å²) in [5, 5.41) is 10.6. The molecule has 0 aliphatic carbocycles. The number of aliphatic hydroxyl groups excluding tert-OH is 1. The molecule has 0 aliphatic heterocycles. The first kappa shape index (κ1) is 14.0. The molecule has 1 rings (SSSR count).